The van der Waals surface area contributed by atoms with Gasteiger partial charge in [-0.3, -0.25) is 4.79 Å². The lowest BCUT2D eigenvalue weighted by molar-refractivity contribution is -0.131. The lowest BCUT2D eigenvalue weighted by Crippen LogP contribution is -2.41. The summed E-state index contributed by atoms with van der Waals surface area (Å²) in [5.74, 6) is 0.477. The second kappa shape index (κ2) is 6.08. The van der Waals surface area contributed by atoms with E-state index in [2.05, 4.69) is 10.3 Å². The first-order chi connectivity index (χ1) is 8.10. The summed E-state index contributed by atoms with van der Waals surface area (Å²) in [5, 5.41) is 3.08. The van der Waals surface area contributed by atoms with E-state index in [0.717, 1.165) is 0 Å². The third-order valence-corrected chi connectivity index (χ3v) is 2.66. The summed E-state index contributed by atoms with van der Waals surface area (Å²) in [7, 11) is 0. The fourth-order valence-electron chi connectivity index (χ4n) is 1.64. The summed E-state index contributed by atoms with van der Waals surface area (Å²) in [6.07, 6.45) is 1.62. The summed E-state index contributed by atoms with van der Waals surface area (Å²) < 4.78 is 0. The van der Waals surface area contributed by atoms with Gasteiger partial charge in [-0.1, -0.05) is 0 Å². The Labute approximate surface area is 102 Å². The number of nitrogen functional groups attached to an aromatic ring is 1. The molecule has 0 saturated carbocycles. The molecule has 0 aliphatic rings. The van der Waals surface area contributed by atoms with Crippen LogP contribution in [0.1, 0.15) is 20.8 Å². The summed E-state index contributed by atoms with van der Waals surface area (Å²) in [5.41, 5.74) is 6.41. The molecular weight excluding hydrogens is 216 g/mol. The number of rotatable bonds is 5. The third kappa shape index (κ3) is 3.34. The van der Waals surface area contributed by atoms with Gasteiger partial charge in [-0.2, -0.15) is 0 Å². The Bertz CT molecular complexity index is 377. The van der Waals surface area contributed by atoms with Gasteiger partial charge in [0.1, 0.15) is 11.9 Å². The molecule has 1 unspecified atom stereocenters. The molecule has 1 heterocycles. The number of carbonyl (C=O) groups excluding carboxylic acids is 1. The fourth-order valence-corrected chi connectivity index (χ4v) is 1.64. The van der Waals surface area contributed by atoms with Crippen molar-refractivity contribution >= 4 is 17.4 Å². The number of nitrogens with one attached hydrogen (secondary N) is 1. The summed E-state index contributed by atoms with van der Waals surface area (Å²) in [6.45, 7) is 7.18. The highest BCUT2D eigenvalue weighted by molar-refractivity contribution is 5.85. The molecule has 1 atom stereocenters. The maximum Gasteiger partial charge on any atom is 0.244 e. The molecule has 0 saturated heterocycles. The number of hydrogen-bond donors (Lipinski definition) is 2. The minimum atomic E-state index is -0.304. The van der Waals surface area contributed by atoms with Gasteiger partial charge in [0.2, 0.25) is 5.91 Å². The van der Waals surface area contributed by atoms with E-state index in [1.54, 1.807) is 17.2 Å². The molecule has 0 spiro atoms. The fraction of sp³-hybridized carbons (Fsp3) is 0.500. The van der Waals surface area contributed by atoms with E-state index in [1.807, 2.05) is 26.8 Å². The highest BCUT2D eigenvalue weighted by atomic mass is 16.2. The topological polar surface area (TPSA) is 71.2 Å². The Kier molecular flexibility index (Phi) is 4.75. The average Bonchev–Trinajstić information content (AvgIpc) is 2.33. The Balaban J connectivity index is 2.69. The molecule has 0 bridgehead atoms. The highest BCUT2D eigenvalue weighted by Gasteiger charge is 2.18. The van der Waals surface area contributed by atoms with Crippen LogP contribution >= 0.6 is 0 Å². The second-order valence-corrected chi connectivity index (χ2v) is 3.81. The number of amides is 1. The van der Waals surface area contributed by atoms with E-state index in [9.17, 15) is 4.79 Å². The number of carbonyl (C=O) groups is 1. The van der Waals surface area contributed by atoms with E-state index in [4.69, 9.17) is 5.73 Å². The van der Waals surface area contributed by atoms with E-state index in [-0.39, 0.29) is 11.9 Å². The van der Waals surface area contributed by atoms with E-state index in [0.29, 0.717) is 24.6 Å². The second-order valence-electron chi connectivity index (χ2n) is 3.81. The minimum absolute atomic E-state index is 0.0678. The van der Waals surface area contributed by atoms with Crippen molar-refractivity contribution in [3.63, 3.8) is 0 Å². The molecule has 3 N–H and O–H groups in total. The van der Waals surface area contributed by atoms with Crippen LogP contribution in [0, 0.1) is 0 Å². The molecular formula is C12H20N4O. The van der Waals surface area contributed by atoms with Crippen LogP contribution in [-0.2, 0) is 4.79 Å². The van der Waals surface area contributed by atoms with Crippen LogP contribution < -0.4 is 11.1 Å². The van der Waals surface area contributed by atoms with Crippen LogP contribution in [0.25, 0.3) is 0 Å². The summed E-state index contributed by atoms with van der Waals surface area (Å²) >= 11 is 0. The maximum absolute atomic E-state index is 12.0. The zero-order valence-corrected chi connectivity index (χ0v) is 10.6. The van der Waals surface area contributed by atoms with Crippen molar-refractivity contribution in [2.24, 2.45) is 0 Å². The van der Waals surface area contributed by atoms with Crippen molar-refractivity contribution in [1.82, 2.24) is 9.88 Å². The Morgan fingerprint density at radius 2 is 2.18 bits per heavy atom. The van der Waals surface area contributed by atoms with Gasteiger partial charge in [0.25, 0.3) is 0 Å². The first-order valence-corrected chi connectivity index (χ1v) is 5.85. The van der Waals surface area contributed by atoms with E-state index in [1.165, 1.54) is 0 Å². The number of aromatic nitrogens is 1. The van der Waals surface area contributed by atoms with Gasteiger partial charge in [-0.25, -0.2) is 4.98 Å². The van der Waals surface area contributed by atoms with Gasteiger partial charge in [0.05, 0.1) is 5.69 Å². The third-order valence-electron chi connectivity index (χ3n) is 2.66. The SMILES string of the molecule is CCN(CC)C(=O)C(C)Nc1cccnc1N. The molecule has 1 amide bonds. The number of pyridine rings is 1. The summed E-state index contributed by atoms with van der Waals surface area (Å²) in [4.78, 5) is 17.8. The molecule has 0 aromatic carbocycles. The van der Waals surface area contributed by atoms with E-state index >= 15 is 0 Å². The van der Waals surface area contributed by atoms with Crippen molar-refractivity contribution in [1.29, 1.82) is 0 Å². The van der Waals surface area contributed by atoms with Gasteiger partial charge in [-0.15, -0.1) is 0 Å². The van der Waals surface area contributed by atoms with Gasteiger partial charge in [0.15, 0.2) is 0 Å². The Morgan fingerprint density at radius 1 is 1.53 bits per heavy atom. The van der Waals surface area contributed by atoms with Crippen LogP contribution in [-0.4, -0.2) is 34.9 Å². The van der Waals surface area contributed by atoms with Gasteiger partial charge in [0, 0.05) is 19.3 Å². The first kappa shape index (κ1) is 13.3. The number of anilines is 2. The van der Waals surface area contributed by atoms with Gasteiger partial charge < -0.3 is 16.0 Å². The standard InChI is InChI=1S/C12H20N4O/c1-4-16(5-2)12(17)9(3)15-10-7-6-8-14-11(10)13/h6-9,15H,4-5H2,1-3H3,(H2,13,14). The quantitative estimate of drug-likeness (QED) is 0.809. The lowest BCUT2D eigenvalue weighted by atomic mass is 10.2. The van der Waals surface area contributed by atoms with Crippen molar-refractivity contribution < 1.29 is 4.79 Å². The lowest BCUT2D eigenvalue weighted by Gasteiger charge is -2.24. The normalized spacial score (nSPS) is 11.9. The van der Waals surface area contributed by atoms with Crippen molar-refractivity contribution in [2.45, 2.75) is 26.8 Å². The number of likely N-dealkylation sites (N-methyl/N-ethyl adjacent to an activating group) is 1. The maximum atomic E-state index is 12.0. The molecule has 0 aliphatic heterocycles. The largest absolute Gasteiger partial charge is 0.382 e. The Morgan fingerprint density at radius 3 is 2.71 bits per heavy atom. The van der Waals surface area contributed by atoms with Crippen LogP contribution in [0.2, 0.25) is 0 Å². The van der Waals surface area contributed by atoms with Gasteiger partial charge >= 0.3 is 0 Å². The number of nitrogens with zero attached hydrogens (tertiary/aromatic N) is 2. The molecule has 1 aromatic heterocycles. The van der Waals surface area contributed by atoms with Crippen LogP contribution in [0.5, 0.6) is 0 Å². The van der Waals surface area contributed by atoms with Crippen LogP contribution in [0.3, 0.4) is 0 Å². The average molecular weight is 236 g/mol. The molecule has 0 aliphatic carbocycles. The predicted molar refractivity (Wildman–Crippen MR) is 69.7 cm³/mol. The smallest absolute Gasteiger partial charge is 0.244 e. The zero-order chi connectivity index (χ0) is 12.8. The molecule has 5 heteroatoms. The molecule has 5 nitrogen and oxygen atoms in total. The monoisotopic (exact) mass is 236 g/mol. The molecule has 1 rings (SSSR count). The molecule has 0 fully saturated rings. The first-order valence-electron chi connectivity index (χ1n) is 5.85. The van der Waals surface area contributed by atoms with Crippen molar-refractivity contribution in [3.05, 3.63) is 18.3 Å². The Hall–Kier alpha value is -1.78. The zero-order valence-electron chi connectivity index (χ0n) is 10.6. The molecule has 1 aromatic rings. The van der Waals surface area contributed by atoms with Crippen molar-refractivity contribution in [3.8, 4) is 0 Å². The molecule has 0 radical (unpaired) electrons. The van der Waals surface area contributed by atoms with Crippen LogP contribution in [0.15, 0.2) is 18.3 Å². The van der Waals surface area contributed by atoms with E-state index < -0.39 is 0 Å². The number of hydrogen-bond acceptors (Lipinski definition) is 4. The van der Waals surface area contributed by atoms with Crippen LogP contribution in [0.4, 0.5) is 11.5 Å². The predicted octanol–water partition coefficient (Wildman–Crippen LogP) is 1.33. The molecule has 94 valence electrons. The molecule has 17 heavy (non-hydrogen) atoms. The van der Waals surface area contributed by atoms with Crippen molar-refractivity contribution in [2.75, 3.05) is 24.1 Å². The highest BCUT2D eigenvalue weighted by Crippen LogP contribution is 2.15. The minimum Gasteiger partial charge on any atom is -0.382 e. The summed E-state index contributed by atoms with van der Waals surface area (Å²) in [6, 6.07) is 3.29. The van der Waals surface area contributed by atoms with Gasteiger partial charge in [-0.05, 0) is 32.9 Å². The number of nitrogens with two attached hydrogens (primary N) is 1.